The SMILES string of the molecule is CCC(C(=O)N(C)CCC(C)Cl)c1ccccc1. The van der Waals surface area contributed by atoms with E-state index in [1.807, 2.05) is 51.2 Å². The lowest BCUT2D eigenvalue weighted by Gasteiger charge is -2.23. The molecule has 1 aromatic rings. The Hall–Kier alpha value is -1.02. The third-order valence-electron chi connectivity index (χ3n) is 3.15. The van der Waals surface area contributed by atoms with E-state index in [0.29, 0.717) is 6.54 Å². The average molecular weight is 268 g/mol. The van der Waals surface area contributed by atoms with Gasteiger partial charge in [0.1, 0.15) is 0 Å². The van der Waals surface area contributed by atoms with Crippen LogP contribution in [0.2, 0.25) is 0 Å². The molecule has 2 unspecified atom stereocenters. The summed E-state index contributed by atoms with van der Waals surface area (Å²) in [4.78, 5) is 14.2. The molecule has 0 fully saturated rings. The van der Waals surface area contributed by atoms with E-state index in [0.717, 1.165) is 18.4 Å². The van der Waals surface area contributed by atoms with Gasteiger partial charge in [-0.25, -0.2) is 0 Å². The maximum absolute atomic E-state index is 12.4. The van der Waals surface area contributed by atoms with E-state index in [1.54, 1.807) is 4.90 Å². The van der Waals surface area contributed by atoms with Gasteiger partial charge in [0.15, 0.2) is 0 Å². The first-order valence-electron chi connectivity index (χ1n) is 6.50. The number of carbonyl (C=O) groups is 1. The Kier molecular flexibility index (Phi) is 6.20. The monoisotopic (exact) mass is 267 g/mol. The molecule has 1 rings (SSSR count). The second-order valence-electron chi connectivity index (χ2n) is 4.70. The number of halogens is 1. The van der Waals surface area contributed by atoms with Crippen LogP contribution in [0.1, 0.15) is 38.2 Å². The first kappa shape index (κ1) is 15.0. The Morgan fingerprint density at radius 3 is 2.44 bits per heavy atom. The van der Waals surface area contributed by atoms with Gasteiger partial charge in [-0.15, -0.1) is 11.6 Å². The second-order valence-corrected chi connectivity index (χ2v) is 5.45. The Morgan fingerprint density at radius 2 is 1.94 bits per heavy atom. The molecule has 0 aliphatic heterocycles. The number of amides is 1. The van der Waals surface area contributed by atoms with E-state index in [2.05, 4.69) is 0 Å². The zero-order chi connectivity index (χ0) is 13.5. The fraction of sp³-hybridized carbons (Fsp3) is 0.533. The van der Waals surface area contributed by atoms with Gasteiger partial charge in [0.25, 0.3) is 0 Å². The van der Waals surface area contributed by atoms with Gasteiger partial charge >= 0.3 is 0 Å². The van der Waals surface area contributed by atoms with E-state index in [4.69, 9.17) is 11.6 Å². The fourth-order valence-corrected chi connectivity index (χ4v) is 2.08. The maximum Gasteiger partial charge on any atom is 0.229 e. The Labute approximate surface area is 115 Å². The zero-order valence-electron chi connectivity index (χ0n) is 11.4. The normalized spacial score (nSPS) is 14.0. The lowest BCUT2D eigenvalue weighted by molar-refractivity contribution is -0.131. The summed E-state index contributed by atoms with van der Waals surface area (Å²) >= 11 is 5.92. The highest BCUT2D eigenvalue weighted by atomic mass is 35.5. The number of hydrogen-bond donors (Lipinski definition) is 0. The lowest BCUT2D eigenvalue weighted by Crippen LogP contribution is -2.33. The molecule has 0 aliphatic rings. The quantitative estimate of drug-likeness (QED) is 0.721. The van der Waals surface area contributed by atoms with Crippen LogP contribution in [0.4, 0.5) is 0 Å². The van der Waals surface area contributed by atoms with E-state index in [9.17, 15) is 4.79 Å². The Morgan fingerprint density at radius 1 is 1.33 bits per heavy atom. The molecule has 3 heteroatoms. The molecular formula is C15H22ClNO. The van der Waals surface area contributed by atoms with Gasteiger partial charge in [0.2, 0.25) is 5.91 Å². The summed E-state index contributed by atoms with van der Waals surface area (Å²) in [5.41, 5.74) is 1.09. The smallest absolute Gasteiger partial charge is 0.229 e. The number of carbonyl (C=O) groups excluding carboxylic acids is 1. The van der Waals surface area contributed by atoms with Crippen molar-refractivity contribution in [2.24, 2.45) is 0 Å². The molecule has 2 atom stereocenters. The minimum Gasteiger partial charge on any atom is -0.345 e. The minimum absolute atomic E-state index is 0.0400. The number of likely N-dealkylation sites (N-methyl/N-ethyl adjacent to an activating group) is 1. The van der Waals surface area contributed by atoms with Gasteiger partial charge in [-0.1, -0.05) is 37.3 Å². The van der Waals surface area contributed by atoms with Gasteiger partial charge in [0.05, 0.1) is 5.92 Å². The van der Waals surface area contributed by atoms with Crippen molar-refractivity contribution in [3.63, 3.8) is 0 Å². The zero-order valence-corrected chi connectivity index (χ0v) is 12.2. The molecule has 0 saturated heterocycles. The summed E-state index contributed by atoms with van der Waals surface area (Å²) < 4.78 is 0. The predicted octanol–water partition coefficient (Wildman–Crippen LogP) is 3.66. The van der Waals surface area contributed by atoms with Gasteiger partial charge < -0.3 is 4.90 Å². The summed E-state index contributed by atoms with van der Waals surface area (Å²) in [7, 11) is 1.85. The predicted molar refractivity (Wildman–Crippen MR) is 77.0 cm³/mol. The number of hydrogen-bond acceptors (Lipinski definition) is 1. The van der Waals surface area contributed by atoms with Crippen molar-refractivity contribution in [3.05, 3.63) is 35.9 Å². The third kappa shape index (κ3) is 4.34. The molecule has 1 aromatic carbocycles. The molecule has 0 N–H and O–H groups in total. The largest absolute Gasteiger partial charge is 0.345 e. The van der Waals surface area contributed by atoms with Crippen LogP contribution in [0.25, 0.3) is 0 Å². The molecule has 0 heterocycles. The van der Waals surface area contributed by atoms with Gasteiger partial charge in [-0.05, 0) is 25.3 Å². The third-order valence-corrected chi connectivity index (χ3v) is 3.37. The van der Waals surface area contributed by atoms with Crippen LogP contribution in [0.3, 0.4) is 0 Å². The molecule has 0 spiro atoms. The summed E-state index contributed by atoms with van der Waals surface area (Å²) in [5.74, 6) is 0.142. The molecule has 0 aliphatic carbocycles. The summed E-state index contributed by atoms with van der Waals surface area (Å²) in [6, 6.07) is 9.96. The number of nitrogens with zero attached hydrogens (tertiary/aromatic N) is 1. The van der Waals surface area contributed by atoms with Crippen molar-refractivity contribution in [2.45, 2.75) is 38.0 Å². The average Bonchev–Trinajstić information content (AvgIpc) is 2.38. The Bertz CT molecular complexity index is 364. The highest BCUT2D eigenvalue weighted by Gasteiger charge is 2.21. The van der Waals surface area contributed by atoms with Crippen molar-refractivity contribution >= 4 is 17.5 Å². The van der Waals surface area contributed by atoms with Crippen LogP contribution in [-0.2, 0) is 4.79 Å². The minimum atomic E-state index is -0.0400. The molecule has 0 radical (unpaired) electrons. The van der Waals surface area contributed by atoms with Crippen LogP contribution in [0.5, 0.6) is 0 Å². The molecule has 0 bridgehead atoms. The lowest BCUT2D eigenvalue weighted by atomic mass is 9.95. The van der Waals surface area contributed by atoms with Gasteiger partial charge in [0, 0.05) is 19.0 Å². The number of rotatable bonds is 6. The second kappa shape index (κ2) is 7.42. The first-order chi connectivity index (χ1) is 8.56. The van der Waals surface area contributed by atoms with Crippen LogP contribution < -0.4 is 0 Å². The highest BCUT2D eigenvalue weighted by Crippen LogP contribution is 2.21. The van der Waals surface area contributed by atoms with Crippen molar-refractivity contribution in [1.82, 2.24) is 4.90 Å². The van der Waals surface area contributed by atoms with E-state index in [1.165, 1.54) is 0 Å². The van der Waals surface area contributed by atoms with Gasteiger partial charge in [-0.3, -0.25) is 4.79 Å². The topological polar surface area (TPSA) is 20.3 Å². The molecule has 1 amide bonds. The van der Waals surface area contributed by atoms with Crippen LogP contribution in [-0.4, -0.2) is 29.8 Å². The highest BCUT2D eigenvalue weighted by molar-refractivity contribution is 6.20. The van der Waals surface area contributed by atoms with Crippen LogP contribution in [0, 0.1) is 0 Å². The fourth-order valence-electron chi connectivity index (χ4n) is 1.99. The van der Waals surface area contributed by atoms with Crippen molar-refractivity contribution in [1.29, 1.82) is 0 Å². The summed E-state index contributed by atoms with van der Waals surface area (Å²) in [6.07, 6.45) is 1.65. The molecular weight excluding hydrogens is 246 g/mol. The van der Waals surface area contributed by atoms with E-state index in [-0.39, 0.29) is 17.2 Å². The van der Waals surface area contributed by atoms with Crippen LogP contribution in [0.15, 0.2) is 30.3 Å². The van der Waals surface area contributed by atoms with Crippen molar-refractivity contribution in [3.8, 4) is 0 Å². The Balaban J connectivity index is 2.68. The van der Waals surface area contributed by atoms with Gasteiger partial charge in [-0.2, -0.15) is 0 Å². The molecule has 0 saturated carbocycles. The molecule has 100 valence electrons. The molecule has 2 nitrogen and oxygen atoms in total. The van der Waals surface area contributed by atoms with Crippen molar-refractivity contribution < 1.29 is 4.79 Å². The number of alkyl halides is 1. The number of benzene rings is 1. The summed E-state index contributed by atoms with van der Waals surface area (Å²) in [5, 5.41) is 0.108. The van der Waals surface area contributed by atoms with Crippen LogP contribution >= 0.6 is 11.6 Å². The molecule has 18 heavy (non-hydrogen) atoms. The standard InChI is InChI=1S/C15H22ClNO/c1-4-14(13-8-6-5-7-9-13)15(18)17(3)11-10-12(2)16/h5-9,12,14H,4,10-11H2,1-3H3. The molecule has 0 aromatic heterocycles. The van der Waals surface area contributed by atoms with E-state index < -0.39 is 0 Å². The summed E-state index contributed by atoms with van der Waals surface area (Å²) in [6.45, 7) is 4.72. The van der Waals surface area contributed by atoms with E-state index >= 15 is 0 Å². The van der Waals surface area contributed by atoms with Crippen molar-refractivity contribution in [2.75, 3.05) is 13.6 Å². The first-order valence-corrected chi connectivity index (χ1v) is 6.93. The maximum atomic E-state index is 12.4.